The van der Waals surface area contributed by atoms with Crippen LogP contribution in [0.5, 0.6) is 5.75 Å². The molecule has 9 nitrogen and oxygen atoms in total. The van der Waals surface area contributed by atoms with Gasteiger partial charge in [0.05, 0.1) is 23.4 Å². The van der Waals surface area contributed by atoms with Crippen LogP contribution in [0.3, 0.4) is 0 Å². The molecule has 3 atom stereocenters. The third-order valence-electron chi connectivity index (χ3n) is 6.81. The molecule has 2 aliphatic rings. The average molecular weight is 553 g/mol. The number of sulfonamides is 1. The fraction of sp³-hybridized carbons (Fsp3) is 0.652. The van der Waals surface area contributed by atoms with Crippen molar-refractivity contribution < 1.29 is 40.3 Å². The fourth-order valence-electron chi connectivity index (χ4n) is 4.93. The number of benzene rings is 1. The fourth-order valence-corrected chi connectivity index (χ4v) is 6.24. The first-order chi connectivity index (χ1) is 17.2. The maximum Gasteiger partial charge on any atom is 0.573 e. The van der Waals surface area contributed by atoms with Crippen LogP contribution in [0, 0.1) is 11.8 Å². The maximum atomic E-state index is 13.6. The van der Waals surface area contributed by atoms with E-state index in [0.29, 0.717) is 25.7 Å². The Morgan fingerprint density at radius 2 is 1.70 bits per heavy atom. The van der Waals surface area contributed by atoms with Gasteiger partial charge in [-0.05, 0) is 62.3 Å². The molecule has 37 heavy (non-hydrogen) atoms. The molecular weight excluding hydrogens is 520 g/mol. The minimum Gasteiger partial charge on any atom is -0.406 e. The highest BCUT2D eigenvalue weighted by Crippen LogP contribution is 2.34. The van der Waals surface area contributed by atoms with E-state index in [1.807, 2.05) is 0 Å². The molecule has 1 aromatic carbocycles. The molecule has 0 bridgehead atoms. The van der Waals surface area contributed by atoms with Crippen LogP contribution >= 0.6 is 0 Å². The molecule has 0 unspecified atom stereocenters. The van der Waals surface area contributed by atoms with E-state index in [2.05, 4.69) is 9.46 Å². The van der Waals surface area contributed by atoms with E-state index >= 15 is 0 Å². The van der Waals surface area contributed by atoms with Crippen LogP contribution in [-0.2, 0) is 19.6 Å². The van der Waals surface area contributed by atoms with E-state index in [-0.39, 0.29) is 36.2 Å². The smallest absolute Gasteiger partial charge is 0.406 e. The first-order valence-electron chi connectivity index (χ1n) is 12.0. The molecule has 1 saturated carbocycles. The molecule has 208 valence electrons. The number of likely N-dealkylation sites (tertiary alicyclic amines) is 1. The van der Waals surface area contributed by atoms with E-state index in [4.69, 9.17) is 5.73 Å². The van der Waals surface area contributed by atoms with Crippen molar-refractivity contribution in [3.05, 3.63) is 24.3 Å². The summed E-state index contributed by atoms with van der Waals surface area (Å²) in [4.78, 5) is 28.4. The number of carbonyl (C=O) groups excluding carboxylic acids is 2. The molecule has 0 aromatic heterocycles. The summed E-state index contributed by atoms with van der Waals surface area (Å²) in [6.07, 6.45) is -4.20. The minimum atomic E-state index is -4.89. The summed E-state index contributed by atoms with van der Waals surface area (Å²) in [6, 6.07) is 2.26. The van der Waals surface area contributed by atoms with E-state index in [1.165, 1.54) is 9.80 Å². The molecule has 1 aromatic rings. The highest BCUT2D eigenvalue weighted by Gasteiger charge is 2.42. The topological polar surface area (TPSA) is 122 Å². The summed E-state index contributed by atoms with van der Waals surface area (Å²) < 4.78 is 82.4. The van der Waals surface area contributed by atoms with Crippen molar-refractivity contribution in [2.24, 2.45) is 17.6 Å². The maximum absolute atomic E-state index is 13.6. The van der Waals surface area contributed by atoms with Crippen LogP contribution in [-0.4, -0.2) is 81.8 Å². The summed E-state index contributed by atoms with van der Waals surface area (Å²) in [5, 5.41) is 0. The predicted molar refractivity (Wildman–Crippen MR) is 125 cm³/mol. The molecule has 14 heteroatoms. The zero-order chi connectivity index (χ0) is 27.5. The molecule has 0 radical (unpaired) electrons. The van der Waals surface area contributed by atoms with E-state index < -0.39 is 52.2 Å². The third-order valence-corrected chi connectivity index (χ3v) is 8.35. The van der Waals surface area contributed by atoms with Crippen LogP contribution in [0.25, 0.3) is 0 Å². The van der Waals surface area contributed by atoms with Crippen LogP contribution in [0.4, 0.5) is 17.6 Å². The van der Waals surface area contributed by atoms with Gasteiger partial charge in [0, 0.05) is 26.7 Å². The molecular formula is C23H32F4N4O5S. The average Bonchev–Trinajstić information content (AvgIpc) is 3.25. The number of ether oxygens (including phenoxy) is 1. The highest BCUT2D eigenvalue weighted by molar-refractivity contribution is 7.89. The molecule has 3 rings (SSSR count). The van der Waals surface area contributed by atoms with Crippen molar-refractivity contribution in [3.8, 4) is 5.75 Å². The molecule has 1 saturated heterocycles. The van der Waals surface area contributed by atoms with Crippen LogP contribution in [0.1, 0.15) is 32.1 Å². The van der Waals surface area contributed by atoms with Crippen molar-refractivity contribution in [1.82, 2.24) is 14.5 Å². The van der Waals surface area contributed by atoms with Gasteiger partial charge in [0.25, 0.3) is 0 Å². The third kappa shape index (κ3) is 7.54. The van der Waals surface area contributed by atoms with Crippen LogP contribution in [0.2, 0.25) is 0 Å². The molecule has 2 amide bonds. The number of halogens is 4. The van der Waals surface area contributed by atoms with Gasteiger partial charge in [-0.2, -0.15) is 0 Å². The number of alkyl halides is 4. The molecule has 0 spiro atoms. The Balaban J connectivity index is 1.64. The molecule has 2 fully saturated rings. The van der Waals surface area contributed by atoms with Crippen LogP contribution in [0.15, 0.2) is 29.2 Å². The number of nitrogens with one attached hydrogen (secondary N) is 1. The first kappa shape index (κ1) is 29.1. The van der Waals surface area contributed by atoms with Gasteiger partial charge in [-0.15, -0.1) is 13.2 Å². The van der Waals surface area contributed by atoms with Gasteiger partial charge in [0.15, 0.2) is 0 Å². The summed E-state index contributed by atoms with van der Waals surface area (Å²) in [5.74, 6) is -2.44. The Morgan fingerprint density at radius 3 is 2.19 bits per heavy atom. The number of carbonyl (C=O) groups is 2. The first-order valence-corrected chi connectivity index (χ1v) is 13.4. The number of nitrogens with two attached hydrogens (primary N) is 1. The zero-order valence-electron chi connectivity index (χ0n) is 20.6. The predicted octanol–water partition coefficient (Wildman–Crippen LogP) is 2.02. The lowest BCUT2D eigenvalue weighted by Crippen LogP contribution is -2.54. The number of hydrogen-bond acceptors (Lipinski definition) is 6. The number of rotatable bonds is 8. The van der Waals surface area contributed by atoms with Crippen molar-refractivity contribution >= 4 is 21.8 Å². The van der Waals surface area contributed by atoms with Crippen molar-refractivity contribution in [2.45, 2.75) is 61.6 Å². The summed E-state index contributed by atoms with van der Waals surface area (Å²) in [7, 11) is -0.896. The minimum absolute atomic E-state index is 0.0484. The SMILES string of the molecule is CN(C)C(=O)[C@@H](C1CCC(NS(=O)(=O)c2ccc(OC(F)(F)F)cc2)CC1)[C@H](N)C(=O)N1CC[C@H](F)C1. The van der Waals surface area contributed by atoms with Gasteiger partial charge >= 0.3 is 6.36 Å². The van der Waals surface area contributed by atoms with Crippen molar-refractivity contribution in [3.63, 3.8) is 0 Å². The monoisotopic (exact) mass is 552 g/mol. The second-order valence-electron chi connectivity index (χ2n) is 9.71. The molecule has 1 aliphatic heterocycles. The van der Waals surface area contributed by atoms with Gasteiger partial charge in [0.2, 0.25) is 21.8 Å². The van der Waals surface area contributed by atoms with E-state index in [1.54, 1.807) is 14.1 Å². The Bertz CT molecular complexity index is 1060. The van der Waals surface area contributed by atoms with Crippen LogP contribution < -0.4 is 15.2 Å². The lowest BCUT2D eigenvalue weighted by Gasteiger charge is -2.37. The van der Waals surface area contributed by atoms with E-state index in [9.17, 15) is 35.6 Å². The van der Waals surface area contributed by atoms with Gasteiger partial charge in [-0.3, -0.25) is 9.59 Å². The second kappa shape index (κ2) is 11.5. The number of nitrogens with zero attached hydrogens (tertiary/aromatic N) is 2. The van der Waals surface area contributed by atoms with Gasteiger partial charge in [-0.1, -0.05) is 0 Å². The summed E-state index contributed by atoms with van der Waals surface area (Å²) in [6.45, 7) is 0.196. The summed E-state index contributed by atoms with van der Waals surface area (Å²) in [5.41, 5.74) is 6.27. The second-order valence-corrected chi connectivity index (χ2v) is 11.4. The number of hydrogen-bond donors (Lipinski definition) is 2. The normalized spacial score (nSPS) is 24.4. The van der Waals surface area contributed by atoms with Crippen molar-refractivity contribution in [1.29, 1.82) is 0 Å². The number of amides is 2. The standard InChI is InChI=1S/C23H32F4N4O5S/c1-30(2)21(32)19(20(28)22(33)31-12-11-15(24)13-31)14-3-5-16(6-4-14)29-37(34,35)18-9-7-17(8-10-18)36-23(25,26)27/h7-10,14-16,19-20,29H,3-6,11-13,28H2,1-2H3/t14?,15-,16?,19-,20-/m0/s1. The quantitative estimate of drug-likeness (QED) is 0.476. The Kier molecular flexibility index (Phi) is 9.06. The largest absolute Gasteiger partial charge is 0.573 e. The molecule has 1 aliphatic carbocycles. The highest BCUT2D eigenvalue weighted by atomic mass is 32.2. The van der Waals surface area contributed by atoms with Crippen molar-refractivity contribution in [2.75, 3.05) is 27.2 Å². The lowest BCUT2D eigenvalue weighted by atomic mass is 9.74. The van der Waals surface area contributed by atoms with Gasteiger partial charge in [0.1, 0.15) is 11.9 Å². The lowest BCUT2D eigenvalue weighted by molar-refractivity contribution is -0.274. The van der Waals surface area contributed by atoms with E-state index in [0.717, 1.165) is 24.3 Å². The Labute approximate surface area is 213 Å². The van der Waals surface area contributed by atoms with Gasteiger partial charge < -0.3 is 20.3 Å². The molecule has 1 heterocycles. The summed E-state index contributed by atoms with van der Waals surface area (Å²) >= 11 is 0. The Hall–Kier alpha value is -2.45. The molecule has 3 N–H and O–H groups in total. The zero-order valence-corrected chi connectivity index (χ0v) is 21.4. The van der Waals surface area contributed by atoms with Gasteiger partial charge in [-0.25, -0.2) is 17.5 Å². The Morgan fingerprint density at radius 1 is 1.11 bits per heavy atom.